The summed E-state index contributed by atoms with van der Waals surface area (Å²) in [7, 11) is -3.96. The highest BCUT2D eigenvalue weighted by atomic mass is 28.4. The summed E-state index contributed by atoms with van der Waals surface area (Å²) in [5.74, 6) is -0.417. The Kier molecular flexibility index (Phi) is 16.7. The van der Waals surface area contributed by atoms with Gasteiger partial charge in [0.1, 0.15) is 11.2 Å². The summed E-state index contributed by atoms with van der Waals surface area (Å²) in [5.41, 5.74) is -1.11. The Morgan fingerprint density at radius 2 is 1.06 bits per heavy atom. The van der Waals surface area contributed by atoms with Gasteiger partial charge in [0.2, 0.25) is 0 Å². The normalized spacial score (nSPS) is 22.3. The second-order valence-corrected chi connectivity index (χ2v) is 28.0. The van der Waals surface area contributed by atoms with E-state index in [9.17, 15) is 14.4 Å². The average molecular weight is 757 g/mol. The van der Waals surface area contributed by atoms with Gasteiger partial charge in [-0.05, 0) is 97.6 Å². The summed E-state index contributed by atoms with van der Waals surface area (Å²) in [6, 6.07) is -0.542. The molecule has 0 aromatic carbocycles. The molecular weight excluding hydrogens is 685 g/mol. The Morgan fingerprint density at radius 1 is 0.686 bits per heavy atom. The van der Waals surface area contributed by atoms with Gasteiger partial charge >= 0.3 is 18.2 Å². The van der Waals surface area contributed by atoms with Gasteiger partial charge in [0.05, 0.1) is 37.5 Å². The van der Waals surface area contributed by atoms with Gasteiger partial charge in [0.25, 0.3) is 0 Å². The number of amides is 2. The van der Waals surface area contributed by atoms with Crippen LogP contribution in [0.15, 0.2) is 24.3 Å². The summed E-state index contributed by atoms with van der Waals surface area (Å²) in [4.78, 5) is 40.3. The maximum Gasteiger partial charge on any atom is 0.410 e. The van der Waals surface area contributed by atoms with E-state index in [2.05, 4.69) is 67.7 Å². The van der Waals surface area contributed by atoms with Gasteiger partial charge in [-0.1, -0.05) is 59.8 Å². The maximum absolute atomic E-state index is 12.7. The molecule has 296 valence electrons. The van der Waals surface area contributed by atoms with Crippen molar-refractivity contribution in [3.8, 4) is 0 Å². The highest BCUT2D eigenvalue weighted by molar-refractivity contribution is 6.74. The molecule has 0 spiro atoms. The fourth-order valence-electron chi connectivity index (χ4n) is 5.03. The molecule has 0 radical (unpaired) electrons. The van der Waals surface area contributed by atoms with Crippen LogP contribution in [0.5, 0.6) is 0 Å². The van der Waals surface area contributed by atoms with E-state index in [-0.39, 0.29) is 53.2 Å². The molecule has 11 nitrogen and oxygen atoms in total. The number of carbonyl (C=O) groups excluding carboxylic acids is 3. The van der Waals surface area contributed by atoms with Crippen LogP contribution in [0.25, 0.3) is 0 Å². The van der Waals surface area contributed by atoms with E-state index in [4.69, 9.17) is 28.2 Å². The summed E-state index contributed by atoms with van der Waals surface area (Å²) in [6.45, 7) is 36.3. The van der Waals surface area contributed by atoms with E-state index in [0.717, 1.165) is 6.42 Å². The second kappa shape index (κ2) is 18.2. The highest BCUT2D eigenvalue weighted by Crippen LogP contribution is 2.41. The van der Waals surface area contributed by atoms with Crippen LogP contribution >= 0.6 is 0 Å². The smallest absolute Gasteiger partial charge is 0.410 e. The molecule has 0 aromatic heterocycles. The topological polar surface area (TPSA) is 124 Å². The molecular formula is C38H72N2O9Si2. The first-order valence-electron chi connectivity index (χ1n) is 18.4. The second-order valence-electron chi connectivity index (χ2n) is 18.5. The molecule has 0 aromatic rings. The number of hydrogen-bond acceptors (Lipinski definition) is 9. The van der Waals surface area contributed by atoms with Crippen LogP contribution in [-0.2, 0) is 27.9 Å². The van der Waals surface area contributed by atoms with Gasteiger partial charge in [-0.25, -0.2) is 14.4 Å². The number of hydrogen-bond donors (Lipinski definition) is 1. The number of rotatable bonds is 9. The van der Waals surface area contributed by atoms with E-state index in [1.165, 1.54) is 6.08 Å². The molecule has 13 heteroatoms. The van der Waals surface area contributed by atoms with E-state index in [1.54, 1.807) is 28.9 Å². The minimum Gasteiger partial charge on any atom is -0.463 e. The van der Waals surface area contributed by atoms with Gasteiger partial charge < -0.3 is 28.2 Å². The van der Waals surface area contributed by atoms with Crippen LogP contribution in [0.2, 0.25) is 36.3 Å². The maximum atomic E-state index is 12.7. The zero-order valence-electron chi connectivity index (χ0n) is 35.0. The number of nitrogens with zero attached hydrogens (tertiary/aromatic N) is 2. The lowest BCUT2D eigenvalue weighted by Gasteiger charge is -2.40. The Morgan fingerprint density at radius 3 is 1.37 bits per heavy atom. The molecule has 4 atom stereocenters. The molecule has 2 aliphatic heterocycles. The molecule has 1 N–H and O–H groups in total. The van der Waals surface area contributed by atoms with Gasteiger partial charge in [0, 0.05) is 19.2 Å². The summed E-state index contributed by atoms with van der Waals surface area (Å²) in [6.07, 6.45) is 7.22. The summed E-state index contributed by atoms with van der Waals surface area (Å²) < 4.78 is 29.1. The molecule has 51 heavy (non-hydrogen) atoms. The summed E-state index contributed by atoms with van der Waals surface area (Å²) in [5, 5.41) is 9.30. The Balaban J connectivity index is 0.000000514. The Hall–Kier alpha value is -2.20. The van der Waals surface area contributed by atoms with E-state index in [0.29, 0.717) is 26.1 Å². The van der Waals surface area contributed by atoms with Crippen molar-refractivity contribution in [1.82, 2.24) is 9.80 Å². The van der Waals surface area contributed by atoms with Crippen LogP contribution in [0.1, 0.15) is 103 Å². The van der Waals surface area contributed by atoms with Crippen molar-refractivity contribution in [2.45, 2.75) is 175 Å². The fourth-order valence-corrected chi connectivity index (χ4v) is 7.77. The molecule has 2 saturated heterocycles. The zero-order chi connectivity index (χ0) is 39.8. The highest BCUT2D eigenvalue weighted by Gasteiger charge is 2.46. The van der Waals surface area contributed by atoms with Crippen LogP contribution in [0.3, 0.4) is 0 Å². The minimum absolute atomic E-state index is 0.0501. The molecule has 2 fully saturated rings. The largest absolute Gasteiger partial charge is 0.463 e. The van der Waals surface area contributed by atoms with Crippen LogP contribution in [0.4, 0.5) is 9.59 Å². The van der Waals surface area contributed by atoms with Crippen molar-refractivity contribution in [3.05, 3.63) is 24.3 Å². The fraction of sp³-hybridized carbons (Fsp3) is 0.816. The van der Waals surface area contributed by atoms with Gasteiger partial charge in [0.15, 0.2) is 16.6 Å². The number of likely N-dealkylation sites (tertiary alicyclic amines) is 2. The van der Waals surface area contributed by atoms with Crippen LogP contribution in [0, 0.1) is 0 Å². The van der Waals surface area contributed by atoms with Crippen molar-refractivity contribution in [3.63, 3.8) is 0 Å². The lowest BCUT2D eigenvalue weighted by molar-refractivity contribution is -0.137. The number of aliphatic hydroxyl groups excluding tert-OH is 1. The van der Waals surface area contributed by atoms with Crippen molar-refractivity contribution in [2.24, 2.45) is 0 Å². The third-order valence-electron chi connectivity index (χ3n) is 9.71. The first kappa shape index (κ1) is 46.8. The zero-order valence-corrected chi connectivity index (χ0v) is 37.0. The van der Waals surface area contributed by atoms with Gasteiger partial charge in [-0.3, -0.25) is 9.80 Å². The Bertz CT molecular complexity index is 1210. The van der Waals surface area contributed by atoms with Crippen molar-refractivity contribution < 1.29 is 42.6 Å². The predicted octanol–water partition coefficient (Wildman–Crippen LogP) is 8.44. The van der Waals surface area contributed by atoms with E-state index >= 15 is 0 Å². The third-order valence-corrected chi connectivity index (χ3v) is 18.7. The number of aliphatic hydroxyl groups is 1. The monoisotopic (exact) mass is 756 g/mol. The quantitative estimate of drug-likeness (QED) is 0.0812. The minimum atomic E-state index is -2.02. The number of ether oxygens (including phenoxy) is 3. The molecule has 0 aliphatic carbocycles. The number of carbonyl (C=O) groups is 3. The third kappa shape index (κ3) is 15.0. The Labute approximate surface area is 311 Å². The SMILES string of the molecule is CC(C)(C)OC(=O)N1CC[C@H](O[Si](C)(C)C(C)(C)C)[C@H]1/C=C/CO.CCOC(=O)/C=C/[C@@H]1[C@@H](O[Si](C)(C)C(C)(C)C)CCN1C(=O)OC(C)(C)C. The van der Waals surface area contributed by atoms with Crippen molar-refractivity contribution >= 4 is 34.8 Å². The molecule has 0 unspecified atom stereocenters. The lowest BCUT2D eigenvalue weighted by Crippen LogP contribution is -2.48. The standard InChI is InChI=1S/C20H37NO5Si.C18H35NO4Si/c1-10-24-17(22)12-11-15-16(26-27(8,9)20(5,6)7)13-14-21(15)18(23)25-19(2,3)4;1-17(2,3)22-16(21)19-12-11-15(14(19)10-9-13-20)23-24(7,8)18(4,5)6/h11-12,15-16H,10,13-14H2,1-9H3;9-10,14-15,20H,11-13H2,1-8H3/b12-11+;10-9+/t15-,16+;14-,15+/m11/s1. The molecule has 2 amide bonds. The van der Waals surface area contributed by atoms with Gasteiger partial charge in [-0.15, -0.1) is 0 Å². The van der Waals surface area contributed by atoms with Crippen LogP contribution < -0.4 is 0 Å². The molecule has 2 rings (SSSR count). The van der Waals surface area contributed by atoms with Crippen molar-refractivity contribution in [2.75, 3.05) is 26.3 Å². The lowest BCUT2D eigenvalue weighted by atomic mass is 10.1. The molecule has 0 bridgehead atoms. The van der Waals surface area contributed by atoms with E-state index in [1.807, 2.05) is 47.6 Å². The predicted molar refractivity (Wildman–Crippen MR) is 209 cm³/mol. The summed E-state index contributed by atoms with van der Waals surface area (Å²) >= 11 is 0. The number of esters is 1. The molecule has 2 aliphatic rings. The van der Waals surface area contributed by atoms with E-state index < -0.39 is 33.8 Å². The molecule has 2 heterocycles. The molecule has 0 saturated carbocycles. The first-order chi connectivity index (χ1) is 23.0. The van der Waals surface area contributed by atoms with Gasteiger partial charge in [-0.2, -0.15) is 0 Å². The first-order valence-corrected chi connectivity index (χ1v) is 24.3. The average Bonchev–Trinajstić information content (AvgIpc) is 3.51. The van der Waals surface area contributed by atoms with Crippen molar-refractivity contribution in [1.29, 1.82) is 0 Å². The van der Waals surface area contributed by atoms with Crippen LogP contribution in [-0.4, -0.2) is 111 Å².